The Labute approximate surface area is 148 Å². The van der Waals surface area contributed by atoms with Crippen molar-refractivity contribution in [1.82, 2.24) is 9.97 Å². The Kier molecular flexibility index (Phi) is 7.69. The van der Waals surface area contributed by atoms with Gasteiger partial charge in [-0.2, -0.15) is 0 Å². The Bertz CT molecular complexity index is 649. The van der Waals surface area contributed by atoms with Crippen molar-refractivity contribution >= 4 is 17.6 Å². The van der Waals surface area contributed by atoms with Crippen LogP contribution in [0.5, 0.6) is 5.75 Å². The molecule has 0 amide bonds. The molecule has 0 aliphatic rings. The average molecular weight is 343 g/mol. The first-order valence-corrected chi connectivity index (χ1v) is 8.70. The number of hydrogen-bond acceptors (Lipinski definition) is 5. The van der Waals surface area contributed by atoms with E-state index < -0.39 is 5.97 Å². The highest BCUT2D eigenvalue weighted by Gasteiger charge is 2.12. The van der Waals surface area contributed by atoms with Crippen LogP contribution in [-0.2, 0) is 4.79 Å². The molecule has 0 aliphatic carbocycles. The SMILES string of the molecule is CCOc1ccnc(N(CCCCCCC(=O)O)c2ccccn2)c1. The monoisotopic (exact) mass is 343 g/mol. The van der Waals surface area contributed by atoms with E-state index in [1.807, 2.05) is 37.3 Å². The number of unbranched alkanes of at least 4 members (excludes halogenated alkanes) is 3. The Balaban J connectivity index is 2.01. The van der Waals surface area contributed by atoms with Crippen molar-refractivity contribution in [2.75, 3.05) is 18.1 Å². The molecule has 134 valence electrons. The van der Waals surface area contributed by atoms with Crippen molar-refractivity contribution in [3.63, 3.8) is 0 Å². The van der Waals surface area contributed by atoms with Gasteiger partial charge in [0.05, 0.1) is 6.61 Å². The van der Waals surface area contributed by atoms with Crippen LogP contribution in [0.4, 0.5) is 11.6 Å². The van der Waals surface area contributed by atoms with Crippen LogP contribution in [0, 0.1) is 0 Å². The highest BCUT2D eigenvalue weighted by atomic mass is 16.5. The molecule has 0 radical (unpaired) electrons. The number of aromatic nitrogens is 2. The molecule has 0 spiro atoms. The van der Waals surface area contributed by atoms with Crippen molar-refractivity contribution < 1.29 is 14.6 Å². The van der Waals surface area contributed by atoms with Gasteiger partial charge in [-0.05, 0) is 38.0 Å². The highest BCUT2D eigenvalue weighted by molar-refractivity contribution is 5.66. The Morgan fingerprint density at radius 1 is 1.08 bits per heavy atom. The van der Waals surface area contributed by atoms with Gasteiger partial charge in [0.1, 0.15) is 17.4 Å². The topological polar surface area (TPSA) is 75.5 Å². The minimum atomic E-state index is -0.730. The lowest BCUT2D eigenvalue weighted by Gasteiger charge is -2.23. The van der Waals surface area contributed by atoms with Gasteiger partial charge < -0.3 is 14.7 Å². The van der Waals surface area contributed by atoms with Gasteiger partial charge in [-0.3, -0.25) is 4.79 Å². The molecule has 1 N–H and O–H groups in total. The van der Waals surface area contributed by atoms with Crippen molar-refractivity contribution in [3.05, 3.63) is 42.7 Å². The van der Waals surface area contributed by atoms with E-state index in [0.717, 1.165) is 49.6 Å². The van der Waals surface area contributed by atoms with Crippen LogP contribution in [0.2, 0.25) is 0 Å². The van der Waals surface area contributed by atoms with E-state index in [1.54, 1.807) is 12.4 Å². The second-order valence-electron chi connectivity index (χ2n) is 5.68. The summed E-state index contributed by atoms with van der Waals surface area (Å²) in [6, 6.07) is 9.56. The molecule has 2 aromatic heterocycles. The van der Waals surface area contributed by atoms with E-state index in [9.17, 15) is 4.79 Å². The number of aliphatic carboxylic acids is 1. The zero-order chi connectivity index (χ0) is 17.9. The summed E-state index contributed by atoms with van der Waals surface area (Å²) in [7, 11) is 0. The summed E-state index contributed by atoms with van der Waals surface area (Å²) < 4.78 is 5.57. The molecule has 6 nitrogen and oxygen atoms in total. The van der Waals surface area contributed by atoms with Gasteiger partial charge in [0.25, 0.3) is 0 Å². The fraction of sp³-hybridized carbons (Fsp3) is 0.421. The molecule has 2 rings (SSSR count). The molecule has 0 aromatic carbocycles. The number of pyridine rings is 2. The summed E-state index contributed by atoms with van der Waals surface area (Å²) in [6.07, 6.45) is 7.29. The molecule has 0 aliphatic heterocycles. The lowest BCUT2D eigenvalue weighted by molar-refractivity contribution is -0.137. The van der Waals surface area contributed by atoms with E-state index in [-0.39, 0.29) is 6.42 Å². The standard InChI is InChI=1S/C19H25N3O3/c1-2-25-16-11-13-21-18(15-16)22(17-9-6-7-12-20-17)14-8-4-3-5-10-19(23)24/h6-7,9,11-13,15H,2-5,8,10,14H2,1H3,(H,23,24). The first-order chi connectivity index (χ1) is 12.2. The molecular weight excluding hydrogens is 318 g/mol. The van der Waals surface area contributed by atoms with Crippen LogP contribution in [0.1, 0.15) is 39.0 Å². The number of anilines is 2. The third-order valence-corrected chi connectivity index (χ3v) is 3.75. The van der Waals surface area contributed by atoms with Crippen LogP contribution < -0.4 is 9.64 Å². The van der Waals surface area contributed by atoms with E-state index >= 15 is 0 Å². The summed E-state index contributed by atoms with van der Waals surface area (Å²) in [5.41, 5.74) is 0. The van der Waals surface area contributed by atoms with E-state index in [1.165, 1.54) is 0 Å². The summed E-state index contributed by atoms with van der Waals surface area (Å²) in [4.78, 5) is 21.5. The number of ether oxygens (including phenoxy) is 1. The summed E-state index contributed by atoms with van der Waals surface area (Å²) in [5, 5.41) is 8.69. The number of carbonyl (C=O) groups is 1. The molecule has 0 saturated carbocycles. The smallest absolute Gasteiger partial charge is 0.303 e. The second kappa shape index (κ2) is 10.3. The molecule has 0 atom stereocenters. The van der Waals surface area contributed by atoms with Crippen molar-refractivity contribution in [3.8, 4) is 5.75 Å². The lowest BCUT2D eigenvalue weighted by atomic mass is 10.1. The maximum Gasteiger partial charge on any atom is 0.303 e. The fourth-order valence-corrected chi connectivity index (χ4v) is 2.56. The van der Waals surface area contributed by atoms with Crippen LogP contribution >= 0.6 is 0 Å². The van der Waals surface area contributed by atoms with Gasteiger partial charge in [-0.25, -0.2) is 9.97 Å². The minimum Gasteiger partial charge on any atom is -0.494 e. The number of rotatable bonds is 11. The van der Waals surface area contributed by atoms with Crippen LogP contribution in [0.3, 0.4) is 0 Å². The normalized spacial score (nSPS) is 10.4. The maximum absolute atomic E-state index is 10.6. The second-order valence-corrected chi connectivity index (χ2v) is 5.68. The average Bonchev–Trinajstić information content (AvgIpc) is 2.62. The molecule has 6 heteroatoms. The predicted molar refractivity (Wildman–Crippen MR) is 97.4 cm³/mol. The van der Waals surface area contributed by atoms with Crippen molar-refractivity contribution in [2.24, 2.45) is 0 Å². The molecule has 0 fully saturated rings. The summed E-state index contributed by atoms with van der Waals surface area (Å²) in [6.45, 7) is 3.33. The molecule has 0 saturated heterocycles. The largest absolute Gasteiger partial charge is 0.494 e. The minimum absolute atomic E-state index is 0.238. The Morgan fingerprint density at radius 3 is 2.60 bits per heavy atom. The number of hydrogen-bond donors (Lipinski definition) is 1. The van der Waals surface area contributed by atoms with Gasteiger partial charge in [-0.1, -0.05) is 18.9 Å². The maximum atomic E-state index is 10.6. The predicted octanol–water partition coefficient (Wildman–Crippen LogP) is 4.05. The Morgan fingerprint density at radius 2 is 1.88 bits per heavy atom. The van der Waals surface area contributed by atoms with Gasteiger partial charge in [0, 0.05) is 31.4 Å². The number of carboxylic acids is 1. The van der Waals surface area contributed by atoms with E-state index in [2.05, 4.69) is 14.9 Å². The Hall–Kier alpha value is -2.63. The van der Waals surface area contributed by atoms with E-state index in [4.69, 9.17) is 9.84 Å². The number of carboxylic acid groups (broad SMARTS) is 1. The van der Waals surface area contributed by atoms with Crippen molar-refractivity contribution in [2.45, 2.75) is 39.0 Å². The fourth-order valence-electron chi connectivity index (χ4n) is 2.56. The quantitative estimate of drug-likeness (QED) is 0.620. The molecule has 0 bridgehead atoms. The van der Waals surface area contributed by atoms with Crippen LogP contribution in [0.15, 0.2) is 42.7 Å². The number of nitrogens with zero attached hydrogens (tertiary/aromatic N) is 3. The third-order valence-electron chi connectivity index (χ3n) is 3.75. The highest BCUT2D eigenvalue weighted by Crippen LogP contribution is 2.25. The van der Waals surface area contributed by atoms with E-state index in [0.29, 0.717) is 6.61 Å². The lowest BCUT2D eigenvalue weighted by Crippen LogP contribution is -2.20. The molecular formula is C19H25N3O3. The van der Waals surface area contributed by atoms with Crippen molar-refractivity contribution in [1.29, 1.82) is 0 Å². The zero-order valence-corrected chi connectivity index (χ0v) is 14.6. The molecule has 0 unspecified atom stereocenters. The third kappa shape index (κ3) is 6.41. The van der Waals surface area contributed by atoms with Gasteiger partial charge in [0.15, 0.2) is 0 Å². The van der Waals surface area contributed by atoms with Gasteiger partial charge in [0.2, 0.25) is 0 Å². The first kappa shape index (κ1) is 18.7. The van der Waals surface area contributed by atoms with Gasteiger partial charge >= 0.3 is 5.97 Å². The van der Waals surface area contributed by atoms with Crippen LogP contribution in [0.25, 0.3) is 0 Å². The van der Waals surface area contributed by atoms with Gasteiger partial charge in [-0.15, -0.1) is 0 Å². The molecule has 25 heavy (non-hydrogen) atoms. The first-order valence-electron chi connectivity index (χ1n) is 8.70. The van der Waals surface area contributed by atoms with Crippen LogP contribution in [-0.4, -0.2) is 34.2 Å². The summed E-state index contributed by atoms with van der Waals surface area (Å²) >= 11 is 0. The summed E-state index contributed by atoms with van der Waals surface area (Å²) in [5.74, 6) is 1.70. The zero-order valence-electron chi connectivity index (χ0n) is 14.6. The molecule has 2 heterocycles. The molecule has 2 aromatic rings.